The fourth-order valence-corrected chi connectivity index (χ4v) is 2.58. The van der Waals surface area contributed by atoms with Crippen molar-refractivity contribution in [2.45, 2.75) is 52.1 Å². The predicted octanol–water partition coefficient (Wildman–Crippen LogP) is 2.02. The van der Waals surface area contributed by atoms with Crippen LogP contribution in [0.15, 0.2) is 0 Å². The summed E-state index contributed by atoms with van der Waals surface area (Å²) in [6.45, 7) is 12.6. The second-order valence-electron chi connectivity index (χ2n) is 5.72. The van der Waals surface area contributed by atoms with E-state index in [2.05, 4.69) is 37.1 Å². The molecule has 0 bridgehead atoms. The molecule has 0 aliphatic heterocycles. The van der Waals surface area contributed by atoms with E-state index < -0.39 is 0 Å². The number of hydrogen-bond donors (Lipinski definition) is 1. The van der Waals surface area contributed by atoms with Crippen molar-refractivity contribution in [2.24, 2.45) is 5.92 Å². The first-order valence-electron chi connectivity index (χ1n) is 7.57. The highest BCUT2D eigenvalue weighted by atomic mass is 16.5. The van der Waals surface area contributed by atoms with Crippen molar-refractivity contribution in [1.29, 1.82) is 5.26 Å². The molecule has 1 N–H and O–H groups in total. The van der Waals surface area contributed by atoms with Gasteiger partial charge in [-0.1, -0.05) is 6.92 Å². The predicted molar refractivity (Wildman–Crippen MR) is 77.9 cm³/mol. The summed E-state index contributed by atoms with van der Waals surface area (Å²) in [7, 11) is 0. The van der Waals surface area contributed by atoms with Crippen molar-refractivity contribution in [2.75, 3.05) is 32.8 Å². The Morgan fingerprint density at radius 2 is 2.11 bits per heavy atom. The van der Waals surface area contributed by atoms with Crippen LogP contribution in [-0.2, 0) is 4.74 Å². The Morgan fingerprint density at radius 3 is 2.53 bits per heavy atom. The minimum atomic E-state index is -0.379. The highest BCUT2D eigenvalue weighted by molar-refractivity contribution is 5.17. The fourth-order valence-electron chi connectivity index (χ4n) is 2.58. The molecule has 1 rings (SSSR count). The number of rotatable bonds is 10. The molecule has 1 fully saturated rings. The van der Waals surface area contributed by atoms with Crippen LogP contribution in [0.1, 0.15) is 40.5 Å². The first-order valence-corrected chi connectivity index (χ1v) is 7.57. The van der Waals surface area contributed by atoms with E-state index in [1.165, 1.54) is 12.8 Å². The molecule has 110 valence electrons. The van der Waals surface area contributed by atoms with Crippen molar-refractivity contribution in [3.05, 3.63) is 0 Å². The molecule has 4 nitrogen and oxygen atoms in total. The lowest BCUT2D eigenvalue weighted by atomic mass is 9.93. The van der Waals surface area contributed by atoms with Gasteiger partial charge in [-0.05, 0) is 46.1 Å². The largest absolute Gasteiger partial charge is 0.380 e. The second kappa shape index (κ2) is 7.84. The van der Waals surface area contributed by atoms with Crippen LogP contribution in [0, 0.1) is 17.2 Å². The van der Waals surface area contributed by atoms with Gasteiger partial charge in [-0.25, -0.2) is 0 Å². The molecule has 0 aromatic carbocycles. The van der Waals surface area contributed by atoms with Gasteiger partial charge in [0.1, 0.15) is 5.54 Å². The number of hydrogen-bond acceptors (Lipinski definition) is 4. The first kappa shape index (κ1) is 16.4. The van der Waals surface area contributed by atoms with Crippen LogP contribution >= 0.6 is 0 Å². The van der Waals surface area contributed by atoms with Gasteiger partial charge in [0, 0.05) is 25.7 Å². The van der Waals surface area contributed by atoms with Crippen molar-refractivity contribution in [3.63, 3.8) is 0 Å². The van der Waals surface area contributed by atoms with Crippen LogP contribution in [0.5, 0.6) is 0 Å². The van der Waals surface area contributed by atoms with Gasteiger partial charge in [-0.15, -0.1) is 0 Å². The van der Waals surface area contributed by atoms with Crippen molar-refractivity contribution >= 4 is 0 Å². The zero-order chi connectivity index (χ0) is 14.3. The molecule has 0 aromatic heterocycles. The SMILES string of the molecule is CCOCCN(CC)CC(C#N)(NC(C)C)C1CC1. The maximum Gasteiger partial charge on any atom is 0.122 e. The Bertz CT molecular complexity index is 296. The molecule has 0 spiro atoms. The van der Waals surface area contributed by atoms with Crippen molar-refractivity contribution < 1.29 is 4.74 Å². The molecule has 19 heavy (non-hydrogen) atoms. The molecule has 1 aliphatic rings. The van der Waals surface area contributed by atoms with E-state index in [1.807, 2.05) is 6.92 Å². The molecule has 1 atom stereocenters. The normalized spacial score (nSPS) is 18.6. The van der Waals surface area contributed by atoms with Crippen LogP contribution in [0.25, 0.3) is 0 Å². The van der Waals surface area contributed by atoms with Gasteiger partial charge in [0.05, 0.1) is 12.7 Å². The Labute approximate surface area is 118 Å². The topological polar surface area (TPSA) is 48.3 Å². The number of ether oxygens (including phenoxy) is 1. The van der Waals surface area contributed by atoms with Crippen LogP contribution in [0.3, 0.4) is 0 Å². The number of nitriles is 1. The van der Waals surface area contributed by atoms with Gasteiger partial charge in [-0.3, -0.25) is 10.2 Å². The minimum absolute atomic E-state index is 0.339. The number of likely N-dealkylation sites (N-methyl/N-ethyl adjacent to an activating group) is 1. The van der Waals surface area contributed by atoms with Crippen LogP contribution < -0.4 is 5.32 Å². The van der Waals surface area contributed by atoms with Gasteiger partial charge < -0.3 is 4.74 Å². The van der Waals surface area contributed by atoms with Crippen molar-refractivity contribution in [1.82, 2.24) is 10.2 Å². The third-order valence-corrected chi connectivity index (χ3v) is 3.70. The molecule has 1 saturated carbocycles. The Kier molecular flexibility index (Phi) is 6.78. The van der Waals surface area contributed by atoms with Gasteiger partial charge in [0.15, 0.2) is 0 Å². The summed E-state index contributed by atoms with van der Waals surface area (Å²) < 4.78 is 5.43. The molecule has 1 unspecified atom stereocenters. The van der Waals surface area contributed by atoms with E-state index in [1.54, 1.807) is 0 Å². The van der Waals surface area contributed by atoms with E-state index in [0.717, 1.165) is 32.8 Å². The molecule has 4 heteroatoms. The van der Waals surface area contributed by atoms with Gasteiger partial charge >= 0.3 is 0 Å². The smallest absolute Gasteiger partial charge is 0.122 e. The van der Waals surface area contributed by atoms with E-state index in [-0.39, 0.29) is 5.54 Å². The van der Waals surface area contributed by atoms with E-state index in [4.69, 9.17) is 4.74 Å². The third kappa shape index (κ3) is 5.10. The van der Waals surface area contributed by atoms with Gasteiger partial charge in [-0.2, -0.15) is 5.26 Å². The molecule has 0 radical (unpaired) electrons. The average Bonchev–Trinajstić information content (AvgIpc) is 3.20. The first-order chi connectivity index (χ1) is 9.07. The summed E-state index contributed by atoms with van der Waals surface area (Å²) in [5.41, 5.74) is -0.379. The van der Waals surface area contributed by atoms with E-state index in [0.29, 0.717) is 12.0 Å². The molecule has 1 aliphatic carbocycles. The summed E-state index contributed by atoms with van der Waals surface area (Å²) in [5, 5.41) is 13.2. The highest BCUT2D eigenvalue weighted by Gasteiger charge is 2.46. The standard InChI is InChI=1S/C15H29N3O/c1-5-18(9-10-19-6-2)12-15(11-16,14-7-8-14)17-13(3)4/h13-14,17H,5-10,12H2,1-4H3. The quantitative estimate of drug-likeness (QED) is 0.615. The summed E-state index contributed by atoms with van der Waals surface area (Å²) in [6, 6.07) is 2.91. The zero-order valence-corrected chi connectivity index (χ0v) is 12.9. The minimum Gasteiger partial charge on any atom is -0.380 e. The lowest BCUT2D eigenvalue weighted by Crippen LogP contribution is -2.57. The van der Waals surface area contributed by atoms with Gasteiger partial charge in [0.25, 0.3) is 0 Å². The molecule has 0 heterocycles. The Balaban J connectivity index is 2.61. The highest BCUT2D eigenvalue weighted by Crippen LogP contribution is 2.40. The van der Waals surface area contributed by atoms with Crippen LogP contribution in [0.2, 0.25) is 0 Å². The lowest BCUT2D eigenvalue weighted by Gasteiger charge is -2.35. The second-order valence-corrected chi connectivity index (χ2v) is 5.72. The van der Waals surface area contributed by atoms with Crippen LogP contribution in [0.4, 0.5) is 0 Å². The van der Waals surface area contributed by atoms with E-state index >= 15 is 0 Å². The summed E-state index contributed by atoms with van der Waals surface area (Å²) in [5.74, 6) is 0.515. The summed E-state index contributed by atoms with van der Waals surface area (Å²) >= 11 is 0. The van der Waals surface area contributed by atoms with Gasteiger partial charge in [0.2, 0.25) is 0 Å². The maximum atomic E-state index is 9.68. The molecule has 0 amide bonds. The Hall–Kier alpha value is -0.630. The lowest BCUT2D eigenvalue weighted by molar-refractivity contribution is 0.102. The zero-order valence-electron chi connectivity index (χ0n) is 12.9. The van der Waals surface area contributed by atoms with Crippen LogP contribution in [-0.4, -0.2) is 49.3 Å². The molecule has 0 saturated heterocycles. The van der Waals surface area contributed by atoms with E-state index in [9.17, 15) is 5.26 Å². The molecule has 0 aromatic rings. The Morgan fingerprint density at radius 1 is 1.42 bits per heavy atom. The molecular formula is C15H29N3O. The number of nitrogens with one attached hydrogen (secondary N) is 1. The summed E-state index contributed by atoms with van der Waals surface area (Å²) in [6.07, 6.45) is 2.35. The van der Waals surface area contributed by atoms with Crippen molar-refractivity contribution in [3.8, 4) is 6.07 Å². The maximum absolute atomic E-state index is 9.68. The fraction of sp³-hybridized carbons (Fsp3) is 0.933. The third-order valence-electron chi connectivity index (χ3n) is 3.70. The average molecular weight is 267 g/mol. The monoisotopic (exact) mass is 267 g/mol. The summed E-state index contributed by atoms with van der Waals surface area (Å²) in [4.78, 5) is 2.33. The number of nitrogens with zero attached hydrogens (tertiary/aromatic N) is 2. The molecular weight excluding hydrogens is 238 g/mol.